The molecule has 56 heavy (non-hydrogen) atoms. The van der Waals surface area contributed by atoms with Gasteiger partial charge in [-0.25, -0.2) is 4.79 Å². The lowest BCUT2D eigenvalue weighted by atomic mass is 9.55. The maximum Gasteiger partial charge on any atom is 0.410 e. The normalized spacial score (nSPS) is 24.4. The number of phenols is 1. The molecule has 4 N–H and O–H groups in total. The largest absolute Gasteiger partial charge is 0.508 e. The number of ether oxygens (including phenoxy) is 5. The monoisotopic (exact) mass is 780 g/mol. The van der Waals surface area contributed by atoms with E-state index in [0.29, 0.717) is 37.5 Å². The van der Waals surface area contributed by atoms with Gasteiger partial charge in [0.1, 0.15) is 30.8 Å². The van der Waals surface area contributed by atoms with Crippen molar-refractivity contribution in [2.24, 2.45) is 22.9 Å². The first-order valence-electron chi connectivity index (χ1n) is 20.0. The van der Waals surface area contributed by atoms with Gasteiger partial charge in [0.05, 0.1) is 51.3 Å². The Hall–Kier alpha value is -3.98. The van der Waals surface area contributed by atoms with Crippen LogP contribution in [-0.2, 0) is 30.4 Å². The number of aliphatic hydroxyl groups is 3. The van der Waals surface area contributed by atoms with E-state index in [9.17, 15) is 25.2 Å². The number of fused-ring (bicyclic) bond motifs is 2. The van der Waals surface area contributed by atoms with Gasteiger partial charge in [0.25, 0.3) is 0 Å². The molecule has 2 aromatic rings. The Morgan fingerprint density at radius 3 is 2.50 bits per heavy atom. The molecule has 6 atom stereocenters. The Morgan fingerprint density at radius 1 is 0.982 bits per heavy atom. The average molecular weight is 781 g/mol. The van der Waals surface area contributed by atoms with Crippen LogP contribution in [0.4, 0.5) is 4.79 Å². The van der Waals surface area contributed by atoms with E-state index in [4.69, 9.17) is 28.5 Å². The zero-order chi connectivity index (χ0) is 39.8. The molecule has 0 spiro atoms. The van der Waals surface area contributed by atoms with Crippen molar-refractivity contribution in [1.29, 1.82) is 0 Å². The number of hydrogen-bond donors (Lipinski definition) is 4. The number of nitrogens with zero attached hydrogens (tertiary/aromatic N) is 2. The number of amides is 1. The van der Waals surface area contributed by atoms with Crippen molar-refractivity contribution < 1.29 is 53.7 Å². The average Bonchev–Trinajstić information content (AvgIpc) is 3.21. The predicted molar refractivity (Wildman–Crippen MR) is 210 cm³/mol. The van der Waals surface area contributed by atoms with Gasteiger partial charge in [0.15, 0.2) is 0 Å². The second kappa shape index (κ2) is 22.1. The first kappa shape index (κ1) is 43.1. The molecule has 3 aliphatic rings. The zero-order valence-corrected chi connectivity index (χ0v) is 32.6. The molecule has 2 aliphatic carbocycles. The minimum absolute atomic E-state index is 0.00455. The summed E-state index contributed by atoms with van der Waals surface area (Å²) in [5.74, 6) is -1.55. The van der Waals surface area contributed by atoms with Gasteiger partial charge in [-0.3, -0.25) is 4.90 Å². The van der Waals surface area contributed by atoms with E-state index in [2.05, 4.69) is 17.8 Å². The summed E-state index contributed by atoms with van der Waals surface area (Å²) in [6.45, 7) is 7.06. The minimum Gasteiger partial charge on any atom is -0.508 e. The van der Waals surface area contributed by atoms with Crippen LogP contribution >= 0.6 is 0 Å². The van der Waals surface area contributed by atoms with Crippen molar-refractivity contribution in [3.63, 3.8) is 0 Å². The van der Waals surface area contributed by atoms with Gasteiger partial charge in [-0.05, 0) is 73.8 Å². The van der Waals surface area contributed by atoms with Crippen LogP contribution in [0, 0.1) is 17.8 Å². The number of phenolic OH excluding ortho intramolecular Hbond substituents is 1. The highest BCUT2D eigenvalue weighted by molar-refractivity contribution is 6.02. The Balaban J connectivity index is 1.61. The van der Waals surface area contributed by atoms with Crippen LogP contribution in [0.1, 0.15) is 68.9 Å². The first-order chi connectivity index (χ1) is 27.4. The summed E-state index contributed by atoms with van der Waals surface area (Å²) in [4.78, 5) is 21.7. The van der Waals surface area contributed by atoms with Crippen LogP contribution in [-0.4, -0.2) is 115 Å². The summed E-state index contributed by atoms with van der Waals surface area (Å²) < 4.78 is 31.4. The summed E-state index contributed by atoms with van der Waals surface area (Å²) >= 11 is 0. The second-order valence-corrected chi connectivity index (χ2v) is 14.4. The van der Waals surface area contributed by atoms with Gasteiger partial charge in [-0.2, -0.15) is 0 Å². The highest BCUT2D eigenvalue weighted by atomic mass is 16.7. The fourth-order valence-corrected chi connectivity index (χ4v) is 8.54. The van der Waals surface area contributed by atoms with Crippen LogP contribution in [0.2, 0.25) is 0 Å². The van der Waals surface area contributed by atoms with Gasteiger partial charge < -0.3 is 48.9 Å². The molecule has 13 heteroatoms. The third kappa shape index (κ3) is 10.5. The molecule has 5 rings (SSSR count). The number of rotatable bonds is 24. The molecule has 0 aromatic heterocycles. The second-order valence-electron chi connectivity index (χ2n) is 14.4. The Bertz CT molecular complexity index is 1590. The predicted octanol–water partition coefficient (Wildman–Crippen LogP) is 5.71. The summed E-state index contributed by atoms with van der Waals surface area (Å²) in [5, 5.41) is 44.6. The molecule has 2 aromatic carbocycles. The van der Waals surface area contributed by atoms with Crippen LogP contribution in [0.25, 0.3) is 0 Å². The van der Waals surface area contributed by atoms with Crippen molar-refractivity contribution in [3.8, 4) is 11.5 Å². The number of carbonyl (C=O) groups excluding carboxylic acids is 1. The highest BCUT2D eigenvalue weighted by Crippen LogP contribution is 2.61. The fourth-order valence-electron chi connectivity index (χ4n) is 8.54. The van der Waals surface area contributed by atoms with Gasteiger partial charge in [-0.1, -0.05) is 60.5 Å². The maximum atomic E-state index is 14.4. The molecule has 1 heterocycles. The van der Waals surface area contributed by atoms with E-state index in [1.54, 1.807) is 29.2 Å². The number of oxime groups is 1. The number of benzene rings is 2. The molecular weight excluding hydrogens is 720 g/mol. The Morgan fingerprint density at radius 2 is 1.77 bits per heavy atom. The number of allylic oxidation sites excluding steroid dienone is 1. The number of aliphatic hydroxyl groups excluding tert-OH is 3. The third-order valence-corrected chi connectivity index (χ3v) is 10.8. The smallest absolute Gasteiger partial charge is 0.410 e. The quantitative estimate of drug-likeness (QED) is 0.0585. The molecule has 6 unspecified atom stereocenters. The summed E-state index contributed by atoms with van der Waals surface area (Å²) in [7, 11) is 0. The molecule has 1 saturated carbocycles. The van der Waals surface area contributed by atoms with E-state index in [-0.39, 0.29) is 89.3 Å². The van der Waals surface area contributed by atoms with E-state index in [1.807, 2.05) is 37.3 Å². The van der Waals surface area contributed by atoms with Crippen LogP contribution in [0.3, 0.4) is 0 Å². The number of aromatic hydroxyl groups is 1. The minimum atomic E-state index is -1.48. The van der Waals surface area contributed by atoms with Gasteiger partial charge >= 0.3 is 6.09 Å². The number of unbranched alkanes of at least 4 members (excludes halogenated alkanes) is 2. The molecule has 1 amide bonds. The Labute approximate surface area is 330 Å². The molecule has 1 fully saturated rings. The summed E-state index contributed by atoms with van der Waals surface area (Å²) in [6.07, 6.45) is 7.95. The molecule has 0 bridgehead atoms. The standard InChI is InChI=1S/C43H60N2O11/c1-3-22-54-43-39(45(18-23-51-24-21-48)42(50)53-26-25-52-30-31-12-6-5-7-13-31)29-37(44-55-4-2)35-27-32(14-8-10-19-46)34(15-9-11-20-47)40(41(35)43)36-28-33(49)16-17-38(36)56-43/h3,5-7,12-13,16-17,27-28,32,34,39-41,46-49H,1,4,8-11,14-15,18-26,29-30H2,2H3. The molecule has 0 saturated heterocycles. The van der Waals surface area contributed by atoms with Crippen LogP contribution in [0.5, 0.6) is 11.5 Å². The molecule has 1 aliphatic heterocycles. The van der Waals surface area contributed by atoms with E-state index < -0.39 is 23.8 Å². The van der Waals surface area contributed by atoms with E-state index in [1.165, 1.54) is 0 Å². The van der Waals surface area contributed by atoms with Crippen molar-refractivity contribution in [2.45, 2.75) is 76.2 Å². The SMILES string of the molecule is C=CCOC12Oc3ccc(O)cc3C3C(CCCCO)C(CCCCO)C=C(C(=NOCC)CC1N(CCOCCO)C(=O)OCCOCc1ccccc1)C32. The highest BCUT2D eigenvalue weighted by Gasteiger charge is 2.65. The summed E-state index contributed by atoms with van der Waals surface area (Å²) in [5.41, 5.74) is 3.37. The lowest BCUT2D eigenvalue weighted by molar-refractivity contribution is -0.256. The van der Waals surface area contributed by atoms with Crippen LogP contribution < -0.4 is 4.74 Å². The molecule has 308 valence electrons. The molecule has 13 nitrogen and oxygen atoms in total. The fraction of sp³-hybridized carbons (Fsp3) is 0.581. The van der Waals surface area contributed by atoms with Crippen molar-refractivity contribution in [1.82, 2.24) is 4.90 Å². The van der Waals surface area contributed by atoms with Gasteiger partial charge in [0.2, 0.25) is 5.79 Å². The third-order valence-electron chi connectivity index (χ3n) is 10.8. The van der Waals surface area contributed by atoms with Crippen molar-refractivity contribution in [3.05, 3.63) is 84.0 Å². The van der Waals surface area contributed by atoms with Crippen molar-refractivity contribution in [2.75, 3.05) is 66.0 Å². The van der Waals surface area contributed by atoms with Gasteiger partial charge in [-0.15, -0.1) is 6.58 Å². The van der Waals surface area contributed by atoms with Crippen molar-refractivity contribution >= 4 is 11.8 Å². The topological polar surface area (TPSA) is 169 Å². The van der Waals surface area contributed by atoms with E-state index in [0.717, 1.165) is 42.4 Å². The van der Waals surface area contributed by atoms with E-state index >= 15 is 0 Å². The molecular formula is C43H60N2O11. The summed E-state index contributed by atoms with van der Waals surface area (Å²) in [6, 6.07) is 14.0. The van der Waals surface area contributed by atoms with Gasteiger partial charge in [0, 0.05) is 37.7 Å². The lowest BCUT2D eigenvalue weighted by Gasteiger charge is -2.59. The zero-order valence-electron chi connectivity index (χ0n) is 32.6. The lowest BCUT2D eigenvalue weighted by Crippen LogP contribution is -2.70. The first-order valence-corrected chi connectivity index (χ1v) is 20.0. The van der Waals surface area contributed by atoms with Crippen LogP contribution in [0.15, 0.2) is 78.0 Å². The number of hydrogen-bond acceptors (Lipinski definition) is 12. The maximum absolute atomic E-state index is 14.4. The molecule has 0 radical (unpaired) electrons. The number of carbonyl (C=O) groups is 1. The Kier molecular flexibility index (Phi) is 17.0.